The van der Waals surface area contributed by atoms with Gasteiger partial charge in [0.2, 0.25) is 5.91 Å². The summed E-state index contributed by atoms with van der Waals surface area (Å²) < 4.78 is 6.74. The van der Waals surface area contributed by atoms with E-state index >= 15 is 0 Å². The number of amides is 2. The van der Waals surface area contributed by atoms with Crippen molar-refractivity contribution < 1.29 is 24.4 Å². The smallest absolute Gasteiger partial charge is 0.269 e. The van der Waals surface area contributed by atoms with Crippen LogP contribution in [0.2, 0.25) is 0 Å². The molecule has 13 heteroatoms. The van der Waals surface area contributed by atoms with E-state index in [1.807, 2.05) is 0 Å². The Kier molecular flexibility index (Phi) is 9.13. The molecule has 0 spiro atoms. The van der Waals surface area contributed by atoms with E-state index in [4.69, 9.17) is 4.74 Å². The van der Waals surface area contributed by atoms with Crippen molar-refractivity contribution in [2.45, 2.75) is 17.7 Å². The van der Waals surface area contributed by atoms with Crippen molar-refractivity contribution in [3.05, 3.63) is 82.7 Å². The number of aliphatic hydroxyl groups is 1. The molecule has 0 bridgehead atoms. The molecule has 3 aromatic rings. The van der Waals surface area contributed by atoms with Crippen LogP contribution in [0.1, 0.15) is 22.2 Å². The number of nitrogens with zero attached hydrogens (tertiary/aromatic N) is 4. The lowest BCUT2D eigenvalue weighted by Gasteiger charge is -2.17. The van der Waals surface area contributed by atoms with Crippen molar-refractivity contribution in [1.29, 1.82) is 0 Å². The van der Waals surface area contributed by atoms with E-state index in [0.717, 1.165) is 11.8 Å². The minimum atomic E-state index is -0.852. The van der Waals surface area contributed by atoms with Gasteiger partial charge in [-0.1, -0.05) is 17.8 Å². The molecule has 1 atom stereocenters. The van der Waals surface area contributed by atoms with Crippen LogP contribution in [0.25, 0.3) is 0 Å². The van der Waals surface area contributed by atoms with Gasteiger partial charge in [-0.3, -0.25) is 19.7 Å². The number of nitro groups is 1. The molecule has 2 amide bonds. The summed E-state index contributed by atoms with van der Waals surface area (Å²) in [4.78, 5) is 35.3. The number of hydrogen-bond acceptors (Lipinski definition) is 9. The molecule has 0 aliphatic carbocycles. The van der Waals surface area contributed by atoms with Crippen molar-refractivity contribution in [3.8, 4) is 5.75 Å². The second-order valence-corrected chi connectivity index (χ2v) is 8.26. The summed E-state index contributed by atoms with van der Waals surface area (Å²) in [5.74, 6) is 0.123. The quantitative estimate of drug-likeness (QED) is 0.143. The van der Waals surface area contributed by atoms with Gasteiger partial charge < -0.3 is 25.0 Å². The number of carbonyl (C=O) groups excluding carboxylic acids is 2. The van der Waals surface area contributed by atoms with Gasteiger partial charge in [0.15, 0.2) is 11.0 Å². The van der Waals surface area contributed by atoms with E-state index in [1.165, 1.54) is 31.4 Å². The van der Waals surface area contributed by atoms with E-state index in [1.54, 1.807) is 34.9 Å². The normalized spacial score (nSPS) is 11.4. The zero-order chi connectivity index (χ0) is 26.1. The summed E-state index contributed by atoms with van der Waals surface area (Å²) in [6, 6.07) is 11.1. The highest BCUT2D eigenvalue weighted by Gasteiger charge is 2.23. The van der Waals surface area contributed by atoms with Crippen LogP contribution < -0.4 is 15.4 Å². The minimum absolute atomic E-state index is 0.0196. The van der Waals surface area contributed by atoms with Crippen LogP contribution in [0.15, 0.2) is 66.3 Å². The van der Waals surface area contributed by atoms with Crippen molar-refractivity contribution >= 4 is 35.0 Å². The van der Waals surface area contributed by atoms with Crippen molar-refractivity contribution in [1.82, 2.24) is 20.1 Å². The number of aromatic nitrogens is 3. The van der Waals surface area contributed by atoms with Gasteiger partial charge in [-0.25, -0.2) is 0 Å². The van der Waals surface area contributed by atoms with Gasteiger partial charge in [-0.15, -0.1) is 16.8 Å². The first-order valence-corrected chi connectivity index (χ1v) is 11.6. The second-order valence-electron chi connectivity index (χ2n) is 7.32. The van der Waals surface area contributed by atoms with E-state index < -0.39 is 23.5 Å². The van der Waals surface area contributed by atoms with Crippen LogP contribution >= 0.6 is 11.8 Å². The second kappa shape index (κ2) is 12.5. The number of allylic oxidation sites excluding steroid dienone is 1. The Hall–Kier alpha value is -4.23. The molecule has 0 radical (unpaired) electrons. The number of benzene rings is 2. The van der Waals surface area contributed by atoms with E-state index in [9.17, 15) is 24.8 Å². The third-order valence-electron chi connectivity index (χ3n) is 4.90. The number of nitrogens with one attached hydrogen (secondary N) is 2. The van der Waals surface area contributed by atoms with Gasteiger partial charge in [-0.05, 0) is 36.4 Å². The summed E-state index contributed by atoms with van der Waals surface area (Å²) in [6.07, 6.45) is 1.60. The summed E-state index contributed by atoms with van der Waals surface area (Å²) >= 11 is 1.10. The molecule has 36 heavy (non-hydrogen) atoms. The zero-order valence-corrected chi connectivity index (χ0v) is 20.1. The molecule has 0 aliphatic rings. The largest absolute Gasteiger partial charge is 0.497 e. The average molecular weight is 513 g/mol. The van der Waals surface area contributed by atoms with E-state index in [2.05, 4.69) is 27.4 Å². The van der Waals surface area contributed by atoms with Crippen LogP contribution in [0.5, 0.6) is 5.75 Å². The van der Waals surface area contributed by atoms with Crippen LogP contribution in [0.3, 0.4) is 0 Å². The molecule has 1 heterocycles. The first-order chi connectivity index (χ1) is 17.4. The summed E-state index contributed by atoms with van der Waals surface area (Å²) in [6.45, 7) is 3.58. The fourth-order valence-corrected chi connectivity index (χ4v) is 3.89. The first-order valence-electron chi connectivity index (χ1n) is 10.6. The predicted octanol–water partition coefficient (Wildman–Crippen LogP) is 2.58. The lowest BCUT2D eigenvalue weighted by molar-refractivity contribution is -0.384. The molecule has 0 fully saturated rings. The monoisotopic (exact) mass is 512 g/mol. The number of rotatable bonds is 12. The van der Waals surface area contributed by atoms with Gasteiger partial charge in [0.25, 0.3) is 11.6 Å². The Bertz CT molecular complexity index is 1230. The molecule has 1 unspecified atom stereocenters. The third-order valence-corrected chi connectivity index (χ3v) is 5.87. The fourth-order valence-electron chi connectivity index (χ4n) is 3.13. The molecule has 3 rings (SSSR count). The van der Waals surface area contributed by atoms with Gasteiger partial charge >= 0.3 is 0 Å². The van der Waals surface area contributed by atoms with Gasteiger partial charge in [0, 0.05) is 29.9 Å². The molecular formula is C23H24N6O6S. The molecular weight excluding hydrogens is 488 g/mol. The number of methoxy groups -OCH3 is 1. The standard InChI is InChI=1S/C23H24N6O6S/c1-3-12-28-21(19(13-30)25-22(32)15-4-10-18(35-2)11-5-15)26-27-23(28)36-14-20(31)24-16-6-8-17(9-7-16)29(33)34/h3-11,19,30H,1,12-14H2,2H3,(H,24,31)(H,25,32). The number of ether oxygens (including phenoxy) is 1. The predicted molar refractivity (Wildman–Crippen MR) is 133 cm³/mol. The number of nitro benzene ring substituents is 1. The lowest BCUT2D eigenvalue weighted by Crippen LogP contribution is -2.33. The van der Waals surface area contributed by atoms with Crippen molar-refractivity contribution in [2.24, 2.45) is 0 Å². The maximum absolute atomic E-state index is 12.7. The lowest BCUT2D eigenvalue weighted by atomic mass is 10.2. The Labute approximate surface area is 210 Å². The molecule has 2 aromatic carbocycles. The topological polar surface area (TPSA) is 162 Å². The molecule has 0 saturated carbocycles. The summed E-state index contributed by atoms with van der Waals surface area (Å²) in [5, 5.41) is 34.7. The molecule has 1 aromatic heterocycles. The number of aliphatic hydroxyl groups excluding tert-OH is 1. The van der Waals surface area contributed by atoms with Crippen LogP contribution in [0, 0.1) is 10.1 Å². The van der Waals surface area contributed by atoms with Gasteiger partial charge in [0.05, 0.1) is 24.4 Å². The number of carbonyl (C=O) groups is 2. The Balaban J connectivity index is 1.67. The minimum Gasteiger partial charge on any atom is -0.497 e. The number of thioether (sulfide) groups is 1. The highest BCUT2D eigenvalue weighted by molar-refractivity contribution is 7.99. The Morgan fingerprint density at radius 3 is 2.50 bits per heavy atom. The highest BCUT2D eigenvalue weighted by Crippen LogP contribution is 2.22. The van der Waals surface area contributed by atoms with Crippen LogP contribution in [0.4, 0.5) is 11.4 Å². The van der Waals surface area contributed by atoms with Crippen molar-refractivity contribution in [3.63, 3.8) is 0 Å². The molecule has 188 valence electrons. The van der Waals surface area contributed by atoms with Gasteiger partial charge in [0.1, 0.15) is 11.8 Å². The molecule has 0 saturated heterocycles. The molecule has 12 nitrogen and oxygen atoms in total. The summed E-state index contributed by atoms with van der Waals surface area (Å²) in [7, 11) is 1.53. The molecule has 0 aliphatic heterocycles. The van der Waals surface area contributed by atoms with E-state index in [0.29, 0.717) is 28.0 Å². The zero-order valence-electron chi connectivity index (χ0n) is 19.3. The van der Waals surface area contributed by atoms with Crippen LogP contribution in [-0.2, 0) is 11.3 Å². The molecule has 3 N–H and O–H groups in total. The SMILES string of the molecule is C=CCn1c(SCC(=O)Nc2ccc([N+](=O)[O-])cc2)nnc1C(CO)NC(=O)c1ccc(OC)cc1. The summed E-state index contributed by atoms with van der Waals surface area (Å²) in [5.41, 5.74) is 0.715. The van der Waals surface area contributed by atoms with Crippen molar-refractivity contribution in [2.75, 3.05) is 24.8 Å². The first kappa shape index (κ1) is 26.4. The Morgan fingerprint density at radius 1 is 1.22 bits per heavy atom. The average Bonchev–Trinajstić information content (AvgIpc) is 3.28. The number of non-ortho nitro benzene ring substituents is 1. The number of anilines is 1. The van der Waals surface area contributed by atoms with Gasteiger partial charge in [-0.2, -0.15) is 0 Å². The van der Waals surface area contributed by atoms with E-state index in [-0.39, 0.29) is 23.9 Å². The fraction of sp³-hybridized carbons (Fsp3) is 0.217. The third kappa shape index (κ3) is 6.67. The highest BCUT2D eigenvalue weighted by atomic mass is 32.2. The Morgan fingerprint density at radius 2 is 1.92 bits per heavy atom. The maximum atomic E-state index is 12.7. The number of hydrogen-bond donors (Lipinski definition) is 3. The maximum Gasteiger partial charge on any atom is 0.269 e. The van der Waals surface area contributed by atoms with Crippen LogP contribution in [-0.4, -0.2) is 56.1 Å².